The molecule has 1 N–H and O–H groups in total. The van der Waals surface area contributed by atoms with Crippen LogP contribution in [-0.2, 0) is 16.0 Å². The van der Waals surface area contributed by atoms with Gasteiger partial charge in [0.25, 0.3) is 5.91 Å². The molecule has 0 spiro atoms. The summed E-state index contributed by atoms with van der Waals surface area (Å²) < 4.78 is 5.34. The van der Waals surface area contributed by atoms with E-state index < -0.39 is 6.04 Å². The zero-order valence-corrected chi connectivity index (χ0v) is 20.9. The normalized spacial score (nSPS) is 11.8. The van der Waals surface area contributed by atoms with E-state index in [1.54, 1.807) is 6.92 Å². The summed E-state index contributed by atoms with van der Waals surface area (Å²) in [7, 11) is 0. The molecule has 1 atom stereocenters. The average molecular weight is 446 g/mol. The molecule has 0 aliphatic rings. The zero-order chi connectivity index (χ0) is 23.4. The Kier molecular flexibility index (Phi) is 16.5. The average Bonchev–Trinajstić information content (AvgIpc) is 2.80. The van der Waals surface area contributed by atoms with Crippen LogP contribution in [0.4, 0.5) is 0 Å². The van der Waals surface area contributed by atoms with Gasteiger partial charge in [-0.05, 0) is 43.9 Å². The molecule has 182 valence electrons. The van der Waals surface area contributed by atoms with E-state index in [1.165, 1.54) is 69.8 Å². The van der Waals surface area contributed by atoms with E-state index in [-0.39, 0.29) is 11.9 Å². The molecular weight excluding hydrogens is 398 g/mol. The highest BCUT2D eigenvalue weighted by molar-refractivity contribution is 5.96. The molecule has 0 bridgehead atoms. The number of carbonyl (C=O) groups is 2. The Bertz CT molecular complexity index is 612. The Morgan fingerprint density at radius 3 is 1.78 bits per heavy atom. The van der Waals surface area contributed by atoms with Gasteiger partial charge in [-0.15, -0.1) is 0 Å². The third kappa shape index (κ3) is 13.5. The van der Waals surface area contributed by atoms with Gasteiger partial charge in [0.2, 0.25) is 0 Å². The van der Waals surface area contributed by atoms with E-state index in [1.807, 2.05) is 24.3 Å². The fraction of sp³-hybridized carbons (Fsp3) is 0.714. The first-order chi connectivity index (χ1) is 15.6. The molecule has 1 aromatic rings. The van der Waals surface area contributed by atoms with Crippen LogP contribution < -0.4 is 5.32 Å². The topological polar surface area (TPSA) is 55.4 Å². The van der Waals surface area contributed by atoms with Crippen LogP contribution in [0.5, 0.6) is 0 Å². The number of unbranched alkanes of at least 4 members (excludes halogenated alkanes) is 12. The van der Waals surface area contributed by atoms with Crippen LogP contribution in [0.25, 0.3) is 0 Å². The molecule has 0 aliphatic heterocycles. The molecule has 1 amide bonds. The largest absolute Gasteiger partial charge is 0.464 e. The third-order valence-corrected chi connectivity index (χ3v) is 5.98. The van der Waals surface area contributed by atoms with E-state index in [2.05, 4.69) is 19.2 Å². The summed E-state index contributed by atoms with van der Waals surface area (Å²) in [6.07, 6.45) is 18.7. The molecule has 32 heavy (non-hydrogen) atoms. The number of amides is 1. The Labute approximate surface area is 196 Å². The minimum Gasteiger partial charge on any atom is -0.464 e. The van der Waals surface area contributed by atoms with Crippen molar-refractivity contribution in [3.05, 3.63) is 35.4 Å². The Morgan fingerprint density at radius 1 is 0.750 bits per heavy atom. The van der Waals surface area contributed by atoms with E-state index >= 15 is 0 Å². The van der Waals surface area contributed by atoms with Crippen molar-refractivity contribution in [2.24, 2.45) is 0 Å². The molecule has 0 saturated carbocycles. The summed E-state index contributed by atoms with van der Waals surface area (Å²) in [4.78, 5) is 24.5. The number of aryl methyl sites for hydroxylation is 1. The quantitative estimate of drug-likeness (QED) is 0.178. The summed E-state index contributed by atoms with van der Waals surface area (Å²) in [5.41, 5.74) is 1.81. The molecule has 0 radical (unpaired) electrons. The van der Waals surface area contributed by atoms with Gasteiger partial charge in [-0.2, -0.15) is 0 Å². The molecular formula is C28H47NO3. The second-order valence-corrected chi connectivity index (χ2v) is 9.05. The summed E-state index contributed by atoms with van der Waals surface area (Å²) in [6, 6.07) is 6.98. The minimum absolute atomic E-state index is 0.234. The Balaban J connectivity index is 2.06. The molecule has 1 rings (SSSR count). The van der Waals surface area contributed by atoms with Gasteiger partial charge < -0.3 is 10.1 Å². The maximum Gasteiger partial charge on any atom is 0.328 e. The summed E-state index contributed by atoms with van der Waals surface area (Å²) in [5, 5.41) is 2.74. The van der Waals surface area contributed by atoms with E-state index in [0.717, 1.165) is 32.1 Å². The van der Waals surface area contributed by atoms with Crippen LogP contribution in [0.15, 0.2) is 24.3 Å². The van der Waals surface area contributed by atoms with Crippen LogP contribution in [0.3, 0.4) is 0 Å². The number of benzene rings is 1. The minimum atomic E-state index is -0.639. The van der Waals surface area contributed by atoms with Crippen LogP contribution in [0.1, 0.15) is 127 Å². The monoisotopic (exact) mass is 445 g/mol. The predicted octanol–water partition coefficient (Wildman–Crippen LogP) is 7.39. The first kappa shape index (κ1) is 28.2. The standard InChI is InChI=1S/C28H47NO3/c1-4-6-8-9-10-11-12-13-14-15-16-17-23-32-28(31)24(3)29-27(30)26-21-19-25(20-22-26)18-7-5-2/h19-22,24H,4-18,23H2,1-3H3,(H,29,30). The molecule has 0 heterocycles. The fourth-order valence-electron chi connectivity index (χ4n) is 3.78. The molecule has 4 nitrogen and oxygen atoms in total. The molecule has 0 saturated heterocycles. The van der Waals surface area contributed by atoms with Crippen molar-refractivity contribution in [2.75, 3.05) is 6.61 Å². The van der Waals surface area contributed by atoms with E-state index in [0.29, 0.717) is 12.2 Å². The number of carbonyl (C=O) groups excluding carboxylic acids is 2. The van der Waals surface area contributed by atoms with Crippen molar-refractivity contribution in [2.45, 2.75) is 123 Å². The summed E-state index contributed by atoms with van der Waals surface area (Å²) in [5.74, 6) is -0.595. The van der Waals surface area contributed by atoms with Crippen LogP contribution in [0.2, 0.25) is 0 Å². The fourth-order valence-corrected chi connectivity index (χ4v) is 3.78. The second kappa shape index (κ2) is 18.7. The van der Waals surface area contributed by atoms with Crippen molar-refractivity contribution in [1.29, 1.82) is 0 Å². The smallest absolute Gasteiger partial charge is 0.328 e. The van der Waals surface area contributed by atoms with Gasteiger partial charge in [0, 0.05) is 5.56 Å². The van der Waals surface area contributed by atoms with Gasteiger partial charge in [-0.1, -0.05) is 103 Å². The van der Waals surface area contributed by atoms with Gasteiger partial charge in [0.15, 0.2) is 0 Å². The van der Waals surface area contributed by atoms with Gasteiger partial charge >= 0.3 is 5.97 Å². The number of ether oxygens (including phenoxy) is 1. The highest BCUT2D eigenvalue weighted by atomic mass is 16.5. The molecule has 4 heteroatoms. The van der Waals surface area contributed by atoms with Crippen molar-refractivity contribution < 1.29 is 14.3 Å². The van der Waals surface area contributed by atoms with Gasteiger partial charge in [-0.25, -0.2) is 4.79 Å². The highest BCUT2D eigenvalue weighted by Crippen LogP contribution is 2.12. The van der Waals surface area contributed by atoms with Crippen molar-refractivity contribution in [3.63, 3.8) is 0 Å². The zero-order valence-electron chi connectivity index (χ0n) is 20.9. The van der Waals surface area contributed by atoms with E-state index in [4.69, 9.17) is 4.74 Å². The van der Waals surface area contributed by atoms with Crippen LogP contribution in [0, 0.1) is 0 Å². The SMILES string of the molecule is CCCCCCCCCCCCCCOC(=O)C(C)NC(=O)c1ccc(CCCC)cc1. The van der Waals surface area contributed by atoms with Gasteiger partial charge in [0.1, 0.15) is 6.04 Å². The number of nitrogens with one attached hydrogen (secondary N) is 1. The molecule has 0 aromatic heterocycles. The molecule has 0 fully saturated rings. The molecule has 1 aromatic carbocycles. The third-order valence-electron chi connectivity index (χ3n) is 5.98. The molecule has 0 aliphatic carbocycles. The Morgan fingerprint density at radius 2 is 1.25 bits per heavy atom. The number of rotatable bonds is 19. The lowest BCUT2D eigenvalue weighted by molar-refractivity contribution is -0.145. The van der Waals surface area contributed by atoms with Crippen molar-refractivity contribution in [3.8, 4) is 0 Å². The maximum atomic E-state index is 12.4. The summed E-state index contributed by atoms with van der Waals surface area (Å²) in [6.45, 7) is 6.54. The highest BCUT2D eigenvalue weighted by Gasteiger charge is 2.17. The molecule has 1 unspecified atom stereocenters. The number of esters is 1. The Hall–Kier alpha value is -1.84. The van der Waals surface area contributed by atoms with E-state index in [9.17, 15) is 9.59 Å². The first-order valence-corrected chi connectivity index (χ1v) is 13.1. The van der Waals surface area contributed by atoms with Crippen molar-refractivity contribution >= 4 is 11.9 Å². The van der Waals surface area contributed by atoms with Gasteiger partial charge in [0.05, 0.1) is 6.61 Å². The summed E-state index contributed by atoms with van der Waals surface area (Å²) >= 11 is 0. The number of hydrogen-bond acceptors (Lipinski definition) is 3. The maximum absolute atomic E-state index is 12.4. The van der Waals surface area contributed by atoms with Crippen LogP contribution in [-0.4, -0.2) is 24.5 Å². The number of hydrogen-bond donors (Lipinski definition) is 1. The van der Waals surface area contributed by atoms with Crippen molar-refractivity contribution in [1.82, 2.24) is 5.32 Å². The lowest BCUT2D eigenvalue weighted by atomic mass is 10.1. The lowest BCUT2D eigenvalue weighted by Gasteiger charge is -2.13. The van der Waals surface area contributed by atoms with Gasteiger partial charge in [-0.3, -0.25) is 4.79 Å². The lowest BCUT2D eigenvalue weighted by Crippen LogP contribution is -2.39. The second-order valence-electron chi connectivity index (χ2n) is 9.05. The predicted molar refractivity (Wildman–Crippen MR) is 134 cm³/mol. The first-order valence-electron chi connectivity index (χ1n) is 13.1. The van der Waals surface area contributed by atoms with Crippen LogP contribution >= 0.6 is 0 Å².